The van der Waals surface area contributed by atoms with Gasteiger partial charge in [0.25, 0.3) is 5.91 Å². The molecule has 0 aliphatic heterocycles. The maximum atomic E-state index is 11.6. The minimum Gasteiger partial charge on any atom is -0.480 e. The molecule has 80 valence electrons. The fraction of sp³-hybridized carbons (Fsp3) is 0.333. The molecule has 0 fully saturated rings. The van der Waals surface area contributed by atoms with Gasteiger partial charge in [0, 0.05) is 7.05 Å². The zero-order chi connectivity index (χ0) is 11.4. The summed E-state index contributed by atoms with van der Waals surface area (Å²) in [5.41, 5.74) is 0.844. The predicted molar refractivity (Wildman–Crippen MR) is 51.4 cm³/mol. The first-order valence-corrected chi connectivity index (χ1v) is 4.28. The zero-order valence-corrected chi connectivity index (χ0v) is 8.47. The van der Waals surface area contributed by atoms with Gasteiger partial charge in [0.1, 0.15) is 6.54 Å². The summed E-state index contributed by atoms with van der Waals surface area (Å²) in [6, 6.07) is 3.16. The van der Waals surface area contributed by atoms with Gasteiger partial charge < -0.3 is 10.0 Å². The first-order chi connectivity index (χ1) is 7.00. The molecule has 6 nitrogen and oxygen atoms in total. The Bertz CT molecular complexity index is 375. The molecule has 1 N–H and O–H groups in total. The number of rotatable bonds is 3. The molecule has 0 radical (unpaired) electrons. The SMILES string of the molecule is Cc1ccc(C(=O)N(C)CC(=O)O)nn1. The lowest BCUT2D eigenvalue weighted by molar-refractivity contribution is -0.137. The van der Waals surface area contributed by atoms with Gasteiger partial charge in [0.15, 0.2) is 5.69 Å². The Morgan fingerprint density at radius 3 is 2.53 bits per heavy atom. The average Bonchev–Trinajstić information content (AvgIpc) is 2.17. The Labute approximate surface area is 86.5 Å². The van der Waals surface area contributed by atoms with Crippen molar-refractivity contribution in [3.8, 4) is 0 Å². The second kappa shape index (κ2) is 4.50. The average molecular weight is 209 g/mol. The summed E-state index contributed by atoms with van der Waals surface area (Å²) >= 11 is 0. The van der Waals surface area contributed by atoms with Gasteiger partial charge in [-0.1, -0.05) is 0 Å². The van der Waals surface area contributed by atoms with Crippen LogP contribution in [-0.4, -0.2) is 45.7 Å². The zero-order valence-electron chi connectivity index (χ0n) is 8.47. The molecular weight excluding hydrogens is 198 g/mol. The molecule has 15 heavy (non-hydrogen) atoms. The van der Waals surface area contributed by atoms with Crippen LogP contribution in [0.5, 0.6) is 0 Å². The highest BCUT2D eigenvalue weighted by Crippen LogP contribution is 1.99. The number of carbonyl (C=O) groups excluding carboxylic acids is 1. The fourth-order valence-corrected chi connectivity index (χ4v) is 0.983. The molecule has 0 aliphatic carbocycles. The summed E-state index contributed by atoms with van der Waals surface area (Å²) in [4.78, 5) is 23.0. The van der Waals surface area contributed by atoms with Gasteiger partial charge in [0.05, 0.1) is 5.69 Å². The van der Waals surface area contributed by atoms with Gasteiger partial charge in [-0.25, -0.2) is 0 Å². The monoisotopic (exact) mass is 209 g/mol. The molecule has 0 spiro atoms. The lowest BCUT2D eigenvalue weighted by Gasteiger charge is -2.13. The van der Waals surface area contributed by atoms with Crippen LogP contribution in [0.4, 0.5) is 0 Å². The van der Waals surface area contributed by atoms with Gasteiger partial charge in [0.2, 0.25) is 0 Å². The van der Waals surface area contributed by atoms with Crippen molar-refractivity contribution in [2.24, 2.45) is 0 Å². The molecule has 0 aromatic carbocycles. The van der Waals surface area contributed by atoms with Crippen LogP contribution in [0, 0.1) is 6.92 Å². The van der Waals surface area contributed by atoms with Crippen LogP contribution >= 0.6 is 0 Å². The standard InChI is InChI=1S/C9H11N3O3/c1-6-3-4-7(11-10-6)9(15)12(2)5-8(13)14/h3-4H,5H2,1-2H3,(H,13,14). The van der Waals surface area contributed by atoms with Crippen molar-refractivity contribution in [1.82, 2.24) is 15.1 Å². The van der Waals surface area contributed by atoms with E-state index in [4.69, 9.17) is 5.11 Å². The third-order valence-corrected chi connectivity index (χ3v) is 1.74. The molecular formula is C9H11N3O3. The van der Waals surface area contributed by atoms with Gasteiger partial charge in [-0.3, -0.25) is 9.59 Å². The van der Waals surface area contributed by atoms with Crippen molar-refractivity contribution in [2.45, 2.75) is 6.92 Å². The number of nitrogens with zero attached hydrogens (tertiary/aromatic N) is 3. The van der Waals surface area contributed by atoms with E-state index in [-0.39, 0.29) is 12.2 Å². The molecule has 0 unspecified atom stereocenters. The molecule has 1 rings (SSSR count). The second-order valence-electron chi connectivity index (χ2n) is 3.11. The van der Waals surface area contributed by atoms with E-state index in [1.54, 1.807) is 13.0 Å². The summed E-state index contributed by atoms with van der Waals surface area (Å²) in [5, 5.41) is 15.9. The van der Waals surface area contributed by atoms with E-state index in [2.05, 4.69) is 10.2 Å². The van der Waals surface area contributed by atoms with Gasteiger partial charge >= 0.3 is 5.97 Å². The molecule has 0 bridgehead atoms. The molecule has 1 aromatic rings. The Balaban J connectivity index is 2.76. The molecule has 1 heterocycles. The number of carboxylic acids is 1. The van der Waals surface area contributed by atoms with E-state index in [1.165, 1.54) is 13.1 Å². The Hall–Kier alpha value is -1.98. The van der Waals surface area contributed by atoms with Crippen molar-refractivity contribution in [2.75, 3.05) is 13.6 Å². The van der Waals surface area contributed by atoms with Crippen LogP contribution in [0.15, 0.2) is 12.1 Å². The molecule has 6 heteroatoms. The van der Waals surface area contributed by atoms with E-state index < -0.39 is 11.9 Å². The van der Waals surface area contributed by atoms with Crippen LogP contribution in [-0.2, 0) is 4.79 Å². The van der Waals surface area contributed by atoms with E-state index in [0.29, 0.717) is 5.69 Å². The number of likely N-dealkylation sites (N-methyl/N-ethyl adjacent to an activating group) is 1. The Morgan fingerprint density at radius 2 is 2.07 bits per heavy atom. The Kier molecular flexibility index (Phi) is 3.33. The van der Waals surface area contributed by atoms with Gasteiger partial charge in [-0.2, -0.15) is 5.10 Å². The summed E-state index contributed by atoms with van der Waals surface area (Å²) in [5.74, 6) is -1.52. The lowest BCUT2D eigenvalue weighted by atomic mass is 10.3. The number of amides is 1. The summed E-state index contributed by atoms with van der Waals surface area (Å²) in [6.07, 6.45) is 0. The number of hydrogen-bond donors (Lipinski definition) is 1. The minimum absolute atomic E-state index is 0.143. The number of carbonyl (C=O) groups is 2. The highest BCUT2D eigenvalue weighted by Gasteiger charge is 2.15. The lowest BCUT2D eigenvalue weighted by Crippen LogP contribution is -2.32. The molecule has 1 aromatic heterocycles. The topological polar surface area (TPSA) is 83.4 Å². The summed E-state index contributed by atoms with van der Waals surface area (Å²) in [7, 11) is 1.40. The maximum absolute atomic E-state index is 11.6. The third kappa shape index (κ3) is 3.01. The third-order valence-electron chi connectivity index (χ3n) is 1.74. The molecule has 0 aliphatic rings. The number of carboxylic acid groups (broad SMARTS) is 1. The Morgan fingerprint density at radius 1 is 1.40 bits per heavy atom. The van der Waals surface area contributed by atoms with Gasteiger partial charge in [-0.05, 0) is 19.1 Å². The smallest absolute Gasteiger partial charge is 0.323 e. The van der Waals surface area contributed by atoms with Crippen molar-refractivity contribution in [3.63, 3.8) is 0 Å². The maximum Gasteiger partial charge on any atom is 0.323 e. The van der Waals surface area contributed by atoms with Crippen LogP contribution in [0.2, 0.25) is 0 Å². The minimum atomic E-state index is -1.06. The highest BCUT2D eigenvalue weighted by atomic mass is 16.4. The molecule has 1 amide bonds. The second-order valence-corrected chi connectivity index (χ2v) is 3.11. The van der Waals surface area contributed by atoms with E-state index in [0.717, 1.165) is 4.90 Å². The van der Waals surface area contributed by atoms with Crippen LogP contribution in [0.1, 0.15) is 16.2 Å². The summed E-state index contributed by atoms with van der Waals surface area (Å²) in [6.45, 7) is 1.40. The highest BCUT2D eigenvalue weighted by molar-refractivity contribution is 5.93. The largest absolute Gasteiger partial charge is 0.480 e. The fourth-order valence-electron chi connectivity index (χ4n) is 0.983. The van der Waals surface area contributed by atoms with E-state index in [1.807, 2.05) is 0 Å². The number of aliphatic carboxylic acids is 1. The number of aromatic nitrogens is 2. The summed E-state index contributed by atoms with van der Waals surface area (Å²) < 4.78 is 0. The van der Waals surface area contributed by atoms with Crippen molar-refractivity contribution in [3.05, 3.63) is 23.5 Å². The first kappa shape index (κ1) is 11.1. The van der Waals surface area contributed by atoms with Crippen molar-refractivity contribution < 1.29 is 14.7 Å². The van der Waals surface area contributed by atoms with Crippen molar-refractivity contribution >= 4 is 11.9 Å². The predicted octanol–water partition coefficient (Wildman–Crippen LogP) is -0.0584. The van der Waals surface area contributed by atoms with Crippen LogP contribution in [0.25, 0.3) is 0 Å². The normalized spacial score (nSPS) is 9.73. The molecule has 0 atom stereocenters. The first-order valence-electron chi connectivity index (χ1n) is 4.28. The molecule has 0 saturated heterocycles. The van der Waals surface area contributed by atoms with E-state index >= 15 is 0 Å². The molecule has 0 saturated carbocycles. The number of hydrogen-bond acceptors (Lipinski definition) is 4. The van der Waals surface area contributed by atoms with Crippen LogP contribution < -0.4 is 0 Å². The quantitative estimate of drug-likeness (QED) is 0.754. The van der Waals surface area contributed by atoms with E-state index in [9.17, 15) is 9.59 Å². The van der Waals surface area contributed by atoms with Gasteiger partial charge in [-0.15, -0.1) is 5.10 Å². The van der Waals surface area contributed by atoms with Crippen LogP contribution in [0.3, 0.4) is 0 Å². The van der Waals surface area contributed by atoms with Crippen molar-refractivity contribution in [1.29, 1.82) is 0 Å². The number of aryl methyl sites for hydroxylation is 1.